The Morgan fingerprint density at radius 2 is 2.16 bits per heavy atom. The van der Waals surface area contributed by atoms with Gasteiger partial charge in [-0.2, -0.15) is 0 Å². The maximum absolute atomic E-state index is 12.5. The molecule has 1 aromatic heterocycles. The highest BCUT2D eigenvalue weighted by Gasteiger charge is 2.19. The number of amides is 1. The van der Waals surface area contributed by atoms with Gasteiger partial charge in [-0.3, -0.25) is 9.69 Å². The highest BCUT2D eigenvalue weighted by Crippen LogP contribution is 2.17. The van der Waals surface area contributed by atoms with E-state index in [0.29, 0.717) is 23.7 Å². The Bertz CT molecular complexity index is 726. The molecular weight excluding hydrogens is 340 g/mol. The summed E-state index contributed by atoms with van der Waals surface area (Å²) < 4.78 is 1.68. The van der Waals surface area contributed by atoms with Crippen molar-refractivity contribution < 1.29 is 4.79 Å². The molecule has 0 spiro atoms. The molecular formula is C17H23ClN6O. The summed E-state index contributed by atoms with van der Waals surface area (Å²) in [6.07, 6.45) is 0.653. The van der Waals surface area contributed by atoms with E-state index in [9.17, 15) is 4.79 Å². The molecule has 0 saturated carbocycles. The van der Waals surface area contributed by atoms with E-state index in [1.54, 1.807) is 10.7 Å². The molecule has 2 aromatic rings. The number of benzene rings is 1. The third-order valence-electron chi connectivity index (χ3n) is 4.29. The fourth-order valence-electron chi connectivity index (χ4n) is 2.96. The third-order valence-corrected chi connectivity index (χ3v) is 4.52. The van der Waals surface area contributed by atoms with Crippen LogP contribution in [0.4, 0.5) is 0 Å². The van der Waals surface area contributed by atoms with Gasteiger partial charge in [-0.1, -0.05) is 29.8 Å². The van der Waals surface area contributed by atoms with Gasteiger partial charge in [-0.15, -0.1) is 5.10 Å². The van der Waals surface area contributed by atoms with E-state index in [-0.39, 0.29) is 5.91 Å². The van der Waals surface area contributed by atoms with Gasteiger partial charge in [0, 0.05) is 44.3 Å². The van der Waals surface area contributed by atoms with Gasteiger partial charge in [0.2, 0.25) is 0 Å². The first-order chi connectivity index (χ1) is 12.2. The molecule has 7 nitrogen and oxygen atoms in total. The van der Waals surface area contributed by atoms with E-state index in [2.05, 4.69) is 25.8 Å². The molecule has 8 heteroatoms. The molecule has 1 fully saturated rings. The summed E-state index contributed by atoms with van der Waals surface area (Å²) in [7, 11) is 0. The van der Waals surface area contributed by atoms with Gasteiger partial charge in [0.25, 0.3) is 5.91 Å². The molecule has 2 N–H and O–H groups in total. The minimum Gasteiger partial charge on any atom is -0.349 e. The Kier molecular flexibility index (Phi) is 6.01. The first kappa shape index (κ1) is 17.8. The van der Waals surface area contributed by atoms with Gasteiger partial charge in [-0.25, -0.2) is 4.68 Å². The molecule has 2 heterocycles. The van der Waals surface area contributed by atoms with Crippen molar-refractivity contribution in [2.24, 2.45) is 0 Å². The third kappa shape index (κ3) is 4.36. The summed E-state index contributed by atoms with van der Waals surface area (Å²) in [4.78, 5) is 14.8. The first-order valence-electron chi connectivity index (χ1n) is 8.61. The monoisotopic (exact) mass is 362 g/mol. The highest BCUT2D eigenvalue weighted by molar-refractivity contribution is 6.30. The molecule has 3 rings (SSSR count). The van der Waals surface area contributed by atoms with E-state index in [4.69, 9.17) is 11.6 Å². The summed E-state index contributed by atoms with van der Waals surface area (Å²) in [5, 5.41) is 15.1. The molecule has 0 aliphatic carbocycles. The van der Waals surface area contributed by atoms with Gasteiger partial charge in [0.1, 0.15) is 0 Å². The van der Waals surface area contributed by atoms with Crippen LogP contribution in [-0.4, -0.2) is 65.1 Å². The zero-order chi connectivity index (χ0) is 17.6. The average molecular weight is 363 g/mol. The number of nitrogens with one attached hydrogen (secondary N) is 2. The number of hydrogen-bond acceptors (Lipinski definition) is 5. The normalized spacial score (nSPS) is 15.3. The van der Waals surface area contributed by atoms with Crippen LogP contribution in [-0.2, 0) is 6.42 Å². The zero-order valence-corrected chi connectivity index (χ0v) is 15.1. The topological polar surface area (TPSA) is 75.1 Å². The fraction of sp³-hybridized carbons (Fsp3) is 0.471. The van der Waals surface area contributed by atoms with Crippen LogP contribution in [0.1, 0.15) is 23.1 Å². The molecule has 1 saturated heterocycles. The summed E-state index contributed by atoms with van der Waals surface area (Å²) in [5.41, 5.74) is 1.96. The standard InChI is InChI=1S/C17H23ClN6O/c1-2-15-16(17(25)20-8-11-23-9-6-19-7-10-23)21-22-24(15)14-5-3-4-13(18)12-14/h3-5,12,19H,2,6-11H2,1H3,(H,20,25). The van der Waals surface area contributed by atoms with E-state index in [1.807, 2.05) is 25.1 Å². The quantitative estimate of drug-likeness (QED) is 0.805. The second kappa shape index (κ2) is 8.42. The molecule has 1 amide bonds. The van der Waals surface area contributed by atoms with E-state index in [1.165, 1.54) is 0 Å². The predicted octanol–water partition coefficient (Wildman–Crippen LogP) is 1.12. The molecule has 0 atom stereocenters. The van der Waals surface area contributed by atoms with Gasteiger partial charge in [-0.05, 0) is 24.6 Å². The fourth-order valence-corrected chi connectivity index (χ4v) is 3.14. The van der Waals surface area contributed by atoms with Crippen LogP contribution in [0.5, 0.6) is 0 Å². The Balaban J connectivity index is 1.66. The lowest BCUT2D eigenvalue weighted by atomic mass is 10.2. The Morgan fingerprint density at radius 3 is 2.88 bits per heavy atom. The van der Waals surface area contributed by atoms with Gasteiger partial charge >= 0.3 is 0 Å². The number of aromatic nitrogens is 3. The zero-order valence-electron chi connectivity index (χ0n) is 14.3. The summed E-state index contributed by atoms with van der Waals surface area (Å²) in [5.74, 6) is -0.180. The lowest BCUT2D eigenvalue weighted by molar-refractivity contribution is 0.0941. The number of nitrogens with zero attached hydrogens (tertiary/aromatic N) is 4. The van der Waals surface area contributed by atoms with Crippen molar-refractivity contribution in [1.29, 1.82) is 0 Å². The van der Waals surface area contributed by atoms with Crippen LogP contribution >= 0.6 is 11.6 Å². The van der Waals surface area contributed by atoms with Crippen molar-refractivity contribution >= 4 is 17.5 Å². The van der Waals surface area contributed by atoms with Crippen molar-refractivity contribution in [2.75, 3.05) is 39.3 Å². The molecule has 1 aliphatic heterocycles. The summed E-state index contributed by atoms with van der Waals surface area (Å²) >= 11 is 6.05. The second-order valence-electron chi connectivity index (χ2n) is 5.98. The maximum Gasteiger partial charge on any atom is 0.273 e. The Morgan fingerprint density at radius 1 is 1.36 bits per heavy atom. The molecule has 1 aliphatic rings. The van der Waals surface area contributed by atoms with Crippen LogP contribution in [0.25, 0.3) is 5.69 Å². The lowest BCUT2D eigenvalue weighted by Gasteiger charge is -2.26. The van der Waals surface area contributed by atoms with Gasteiger partial charge in [0.15, 0.2) is 5.69 Å². The van der Waals surface area contributed by atoms with Crippen molar-refractivity contribution in [1.82, 2.24) is 30.5 Å². The van der Waals surface area contributed by atoms with Crippen LogP contribution in [0, 0.1) is 0 Å². The molecule has 0 unspecified atom stereocenters. The van der Waals surface area contributed by atoms with Crippen LogP contribution in [0.2, 0.25) is 5.02 Å². The number of piperazine rings is 1. The molecule has 25 heavy (non-hydrogen) atoms. The lowest BCUT2D eigenvalue weighted by Crippen LogP contribution is -2.46. The van der Waals surface area contributed by atoms with Crippen molar-refractivity contribution in [3.05, 3.63) is 40.7 Å². The number of hydrogen-bond donors (Lipinski definition) is 2. The average Bonchev–Trinajstić information content (AvgIpc) is 3.06. The summed E-state index contributed by atoms with van der Waals surface area (Å²) in [6, 6.07) is 7.36. The predicted molar refractivity (Wildman–Crippen MR) is 97.4 cm³/mol. The molecule has 0 radical (unpaired) electrons. The van der Waals surface area contributed by atoms with E-state index >= 15 is 0 Å². The molecule has 1 aromatic carbocycles. The molecule has 134 valence electrons. The smallest absolute Gasteiger partial charge is 0.273 e. The maximum atomic E-state index is 12.5. The largest absolute Gasteiger partial charge is 0.349 e. The minimum absolute atomic E-state index is 0.180. The number of carbonyl (C=O) groups excluding carboxylic acids is 1. The van der Waals surface area contributed by atoms with Crippen molar-refractivity contribution in [3.63, 3.8) is 0 Å². The van der Waals surface area contributed by atoms with Crippen LogP contribution in [0.3, 0.4) is 0 Å². The van der Waals surface area contributed by atoms with Gasteiger partial charge < -0.3 is 10.6 Å². The number of rotatable bonds is 6. The van der Waals surface area contributed by atoms with Crippen molar-refractivity contribution in [3.8, 4) is 5.69 Å². The number of carbonyl (C=O) groups is 1. The van der Waals surface area contributed by atoms with Crippen molar-refractivity contribution in [2.45, 2.75) is 13.3 Å². The highest BCUT2D eigenvalue weighted by atomic mass is 35.5. The van der Waals surface area contributed by atoms with Gasteiger partial charge in [0.05, 0.1) is 11.4 Å². The molecule has 0 bridgehead atoms. The summed E-state index contributed by atoms with van der Waals surface area (Å²) in [6.45, 7) is 7.46. The number of halogens is 1. The Hall–Kier alpha value is -1.96. The SMILES string of the molecule is CCc1c(C(=O)NCCN2CCNCC2)nnn1-c1cccc(Cl)c1. The van der Waals surface area contributed by atoms with Crippen LogP contribution < -0.4 is 10.6 Å². The van der Waals surface area contributed by atoms with Crippen LogP contribution in [0.15, 0.2) is 24.3 Å². The van der Waals surface area contributed by atoms with E-state index in [0.717, 1.165) is 44.1 Å². The van der Waals surface area contributed by atoms with E-state index < -0.39 is 0 Å². The Labute approximate surface area is 152 Å². The minimum atomic E-state index is -0.180. The first-order valence-corrected chi connectivity index (χ1v) is 8.98. The second-order valence-corrected chi connectivity index (χ2v) is 6.41.